The summed E-state index contributed by atoms with van der Waals surface area (Å²) in [6.07, 6.45) is 5.12. The Morgan fingerprint density at radius 3 is 2.87 bits per heavy atom. The molecule has 3 saturated heterocycles. The van der Waals surface area contributed by atoms with E-state index >= 15 is 0 Å². The summed E-state index contributed by atoms with van der Waals surface area (Å²) in [6.45, 7) is 2.12. The van der Waals surface area contributed by atoms with Crippen LogP contribution in [0.3, 0.4) is 0 Å². The number of piperazine rings is 1. The number of rotatable bonds is 3. The van der Waals surface area contributed by atoms with Crippen molar-refractivity contribution >= 4 is 35.1 Å². The van der Waals surface area contributed by atoms with Crippen LogP contribution in [0.4, 0.5) is 5.95 Å². The molecule has 30 heavy (non-hydrogen) atoms. The number of hydrogen-bond donors (Lipinski definition) is 1. The third-order valence-corrected chi connectivity index (χ3v) is 7.09. The van der Waals surface area contributed by atoms with Crippen LogP contribution in [0, 0.1) is 0 Å². The van der Waals surface area contributed by atoms with Gasteiger partial charge in [0.25, 0.3) is 0 Å². The van der Waals surface area contributed by atoms with Gasteiger partial charge in [-0.2, -0.15) is 10.1 Å². The molecule has 8 nitrogen and oxygen atoms in total. The van der Waals surface area contributed by atoms with Crippen LogP contribution in [0.15, 0.2) is 18.5 Å². The zero-order chi connectivity index (χ0) is 20.8. The van der Waals surface area contributed by atoms with Crippen LogP contribution in [0.2, 0.25) is 10.0 Å². The predicted molar refractivity (Wildman–Crippen MR) is 112 cm³/mol. The van der Waals surface area contributed by atoms with Crippen molar-refractivity contribution in [3.05, 3.63) is 34.1 Å². The van der Waals surface area contributed by atoms with Crippen LogP contribution in [-0.2, 0) is 9.53 Å². The van der Waals surface area contributed by atoms with E-state index in [1.807, 2.05) is 9.80 Å². The van der Waals surface area contributed by atoms with Gasteiger partial charge < -0.3 is 19.6 Å². The second kappa shape index (κ2) is 7.90. The summed E-state index contributed by atoms with van der Waals surface area (Å²) in [5, 5.41) is 15.5. The molecule has 4 heterocycles. The smallest absolute Gasteiger partial charge is 0.242 e. The number of carbonyl (C=O) groups excluding carboxylic acids is 1. The van der Waals surface area contributed by atoms with Gasteiger partial charge in [0.2, 0.25) is 11.9 Å². The van der Waals surface area contributed by atoms with E-state index in [9.17, 15) is 9.90 Å². The van der Waals surface area contributed by atoms with E-state index < -0.39 is 0 Å². The topological polar surface area (TPSA) is 83.7 Å². The molecule has 10 heteroatoms. The normalized spacial score (nSPS) is 26.9. The molecule has 3 fully saturated rings. The summed E-state index contributed by atoms with van der Waals surface area (Å²) in [4.78, 5) is 21.3. The molecule has 2 aromatic rings. The van der Waals surface area contributed by atoms with E-state index in [1.54, 1.807) is 16.8 Å². The Bertz CT molecular complexity index is 962. The van der Waals surface area contributed by atoms with E-state index in [0.717, 1.165) is 19.3 Å². The fourth-order valence-electron chi connectivity index (χ4n) is 4.86. The molecule has 1 aromatic carbocycles. The van der Waals surface area contributed by atoms with Crippen LogP contribution in [-0.4, -0.2) is 63.0 Å². The van der Waals surface area contributed by atoms with Gasteiger partial charge in [0.1, 0.15) is 18.6 Å². The number of benzene rings is 1. The highest BCUT2D eigenvalue weighted by atomic mass is 35.5. The zero-order valence-corrected chi connectivity index (χ0v) is 17.9. The Morgan fingerprint density at radius 2 is 2.07 bits per heavy atom. The molecular weight excluding hydrogens is 429 g/mol. The van der Waals surface area contributed by atoms with Crippen molar-refractivity contribution in [1.82, 2.24) is 19.7 Å². The number of phenols is 1. The molecule has 0 saturated carbocycles. The quantitative estimate of drug-likeness (QED) is 0.770. The number of nitrogens with zero attached hydrogens (tertiary/aromatic N) is 5. The number of amides is 1. The van der Waals surface area contributed by atoms with Gasteiger partial charge in [0.05, 0.1) is 16.1 Å². The van der Waals surface area contributed by atoms with Gasteiger partial charge >= 0.3 is 0 Å². The lowest BCUT2D eigenvalue weighted by atomic mass is 9.95. The van der Waals surface area contributed by atoms with E-state index in [4.69, 9.17) is 27.9 Å². The van der Waals surface area contributed by atoms with Gasteiger partial charge in [-0.3, -0.25) is 4.79 Å². The molecule has 3 aliphatic heterocycles. The molecule has 1 N–H and O–H groups in total. The number of halogens is 2. The Hall–Kier alpha value is -2.03. The SMILES string of the molecule is O=C1CN(c2ncnn2C2CCCCO2)C[C@@H]2C[C@H](c3c(O)ccc(Cl)c3Cl)CN12. The summed E-state index contributed by atoms with van der Waals surface area (Å²) in [5.41, 5.74) is 0.622. The lowest BCUT2D eigenvalue weighted by Crippen LogP contribution is -2.54. The summed E-state index contributed by atoms with van der Waals surface area (Å²) in [5.74, 6) is 0.755. The molecule has 0 radical (unpaired) electrons. The predicted octanol–water partition coefficient (Wildman–Crippen LogP) is 3.19. The number of carbonyl (C=O) groups is 1. The average Bonchev–Trinajstić information content (AvgIpc) is 3.39. The largest absolute Gasteiger partial charge is 0.508 e. The molecule has 1 amide bonds. The molecule has 1 unspecified atom stereocenters. The number of aromatic nitrogens is 3. The Balaban J connectivity index is 1.37. The van der Waals surface area contributed by atoms with Gasteiger partial charge in [-0.05, 0) is 37.8 Å². The molecule has 0 bridgehead atoms. The molecule has 3 aliphatic rings. The van der Waals surface area contributed by atoms with Crippen molar-refractivity contribution in [1.29, 1.82) is 0 Å². The van der Waals surface area contributed by atoms with Crippen LogP contribution in [0.5, 0.6) is 5.75 Å². The van der Waals surface area contributed by atoms with Crippen LogP contribution in [0.25, 0.3) is 0 Å². The standard InChI is InChI=1S/C20H23Cl2N5O3/c21-14-4-5-15(28)18(19(14)22)12-7-13-9-25(10-16(29)26(13)8-12)20-23-11-24-27(20)17-3-1-2-6-30-17/h4-5,11-13,17,28H,1-3,6-10H2/t12-,13-,17?/m0/s1. The van der Waals surface area contributed by atoms with E-state index in [1.165, 1.54) is 6.33 Å². The van der Waals surface area contributed by atoms with Crippen molar-refractivity contribution in [3.8, 4) is 5.75 Å². The van der Waals surface area contributed by atoms with E-state index in [0.29, 0.717) is 47.7 Å². The second-order valence-corrected chi connectivity index (χ2v) is 8.92. The van der Waals surface area contributed by atoms with Crippen molar-refractivity contribution in [3.63, 3.8) is 0 Å². The Labute approximate surface area is 184 Å². The van der Waals surface area contributed by atoms with Gasteiger partial charge in [-0.1, -0.05) is 23.2 Å². The number of phenolic OH excluding ortho intramolecular Hbond substituents is 1. The number of ether oxygens (including phenoxy) is 1. The summed E-state index contributed by atoms with van der Waals surface area (Å²) < 4.78 is 7.66. The van der Waals surface area contributed by atoms with Crippen molar-refractivity contribution in [2.45, 2.75) is 43.9 Å². The molecule has 5 rings (SSSR count). The Kier molecular flexibility index (Phi) is 5.24. The van der Waals surface area contributed by atoms with Gasteiger partial charge in [-0.25, -0.2) is 4.68 Å². The maximum atomic E-state index is 13.0. The van der Waals surface area contributed by atoms with Crippen LogP contribution >= 0.6 is 23.2 Å². The molecule has 1 aromatic heterocycles. The van der Waals surface area contributed by atoms with Crippen molar-refractivity contribution in [2.75, 3.05) is 31.1 Å². The molecule has 0 spiro atoms. The molecule has 0 aliphatic carbocycles. The zero-order valence-electron chi connectivity index (χ0n) is 16.4. The third-order valence-electron chi connectivity index (χ3n) is 6.28. The summed E-state index contributed by atoms with van der Waals surface area (Å²) in [7, 11) is 0. The minimum atomic E-state index is -0.136. The molecular formula is C20H23Cl2N5O3. The average molecular weight is 452 g/mol. The van der Waals surface area contributed by atoms with E-state index in [2.05, 4.69) is 10.1 Å². The van der Waals surface area contributed by atoms with Gasteiger partial charge in [-0.15, -0.1) is 0 Å². The maximum Gasteiger partial charge on any atom is 0.242 e. The number of anilines is 1. The number of fused-ring (bicyclic) bond motifs is 1. The van der Waals surface area contributed by atoms with Crippen LogP contribution in [0.1, 0.15) is 43.4 Å². The molecule has 3 atom stereocenters. The van der Waals surface area contributed by atoms with Gasteiger partial charge in [0, 0.05) is 31.2 Å². The first-order chi connectivity index (χ1) is 14.5. The minimum absolute atomic E-state index is 0.00289. The fraction of sp³-hybridized carbons (Fsp3) is 0.550. The fourth-order valence-corrected chi connectivity index (χ4v) is 5.34. The first-order valence-corrected chi connectivity index (χ1v) is 11.0. The lowest BCUT2D eigenvalue weighted by molar-refractivity contribution is -0.132. The molecule has 160 valence electrons. The van der Waals surface area contributed by atoms with Gasteiger partial charge in [0.15, 0.2) is 6.23 Å². The Morgan fingerprint density at radius 1 is 1.20 bits per heavy atom. The van der Waals surface area contributed by atoms with E-state index in [-0.39, 0.29) is 36.4 Å². The van der Waals surface area contributed by atoms with Crippen LogP contribution < -0.4 is 4.90 Å². The third kappa shape index (κ3) is 3.40. The number of hydrogen-bond acceptors (Lipinski definition) is 6. The highest BCUT2D eigenvalue weighted by Gasteiger charge is 2.43. The summed E-state index contributed by atoms with van der Waals surface area (Å²) >= 11 is 12.6. The minimum Gasteiger partial charge on any atom is -0.508 e. The maximum absolute atomic E-state index is 13.0. The lowest BCUT2D eigenvalue weighted by Gasteiger charge is -2.38. The monoisotopic (exact) mass is 451 g/mol. The van der Waals surface area contributed by atoms with Crippen molar-refractivity contribution in [2.24, 2.45) is 0 Å². The highest BCUT2D eigenvalue weighted by Crippen LogP contribution is 2.44. The number of aromatic hydroxyl groups is 1. The van der Waals surface area contributed by atoms with Crippen molar-refractivity contribution < 1.29 is 14.6 Å². The summed E-state index contributed by atoms with van der Waals surface area (Å²) in [6, 6.07) is 3.14. The highest BCUT2D eigenvalue weighted by molar-refractivity contribution is 6.42. The first-order valence-electron chi connectivity index (χ1n) is 10.3. The second-order valence-electron chi connectivity index (χ2n) is 8.13. The first kappa shape index (κ1) is 19.9.